The highest BCUT2D eigenvalue weighted by Crippen LogP contribution is 2.56. The monoisotopic (exact) mass is 367 g/mol. The van der Waals surface area contributed by atoms with Crippen LogP contribution < -0.4 is 0 Å². The van der Waals surface area contributed by atoms with Gasteiger partial charge in [-0.05, 0) is 66.6 Å². The first-order valence-electron chi connectivity index (χ1n) is 8.21. The molecule has 0 radical (unpaired) electrons. The van der Waals surface area contributed by atoms with Gasteiger partial charge in [-0.3, -0.25) is 14.0 Å². The summed E-state index contributed by atoms with van der Waals surface area (Å²) in [4.78, 5) is 8.70. The summed E-state index contributed by atoms with van der Waals surface area (Å²) in [5.74, 6) is 0.904. The summed E-state index contributed by atoms with van der Waals surface area (Å²) >= 11 is 0. The molecule has 0 atom stereocenters. The van der Waals surface area contributed by atoms with Crippen LogP contribution in [0.25, 0.3) is 0 Å². The van der Waals surface area contributed by atoms with Crippen molar-refractivity contribution in [2.24, 2.45) is 9.74 Å². The Kier molecular flexibility index (Phi) is 7.62. The van der Waals surface area contributed by atoms with Gasteiger partial charge in [0, 0.05) is 28.2 Å². The summed E-state index contributed by atoms with van der Waals surface area (Å²) < 4.78 is 11.7. The van der Waals surface area contributed by atoms with Gasteiger partial charge in [0.1, 0.15) is 0 Å². The Bertz CT molecular complexity index is 592. The van der Waals surface area contributed by atoms with Crippen LogP contribution in [0.5, 0.6) is 0 Å². The molecule has 0 heterocycles. The van der Waals surface area contributed by atoms with Crippen molar-refractivity contribution in [2.75, 3.05) is 70.5 Å². The van der Waals surface area contributed by atoms with Crippen LogP contribution in [0.4, 0.5) is 11.4 Å². The fraction of sp³-hybridized carbons (Fsp3) is 0.588. The van der Waals surface area contributed by atoms with Crippen molar-refractivity contribution >= 4 is 24.8 Å². The van der Waals surface area contributed by atoms with Crippen LogP contribution in [0.3, 0.4) is 0 Å². The van der Waals surface area contributed by atoms with Crippen LogP contribution in [0.1, 0.15) is 0 Å². The molecule has 0 amide bonds. The molecule has 8 heteroatoms. The van der Waals surface area contributed by atoms with Gasteiger partial charge < -0.3 is 9.80 Å². The molecule has 0 aliphatic heterocycles. The predicted molar refractivity (Wildman–Crippen MR) is 111 cm³/mol. The van der Waals surface area contributed by atoms with E-state index in [0.29, 0.717) is 0 Å². The van der Waals surface area contributed by atoms with Gasteiger partial charge in [-0.2, -0.15) is 0 Å². The lowest BCUT2D eigenvalue weighted by atomic mass is 10.3. The minimum Gasteiger partial charge on any atom is -0.349 e. The van der Waals surface area contributed by atoms with E-state index in [-0.39, 0.29) is 0 Å². The van der Waals surface area contributed by atoms with E-state index >= 15 is 0 Å². The average molecular weight is 367 g/mol. The highest BCUT2D eigenvalue weighted by Gasteiger charge is 2.28. The maximum Gasteiger partial charge on any atom is 0.200 e. The molecular weight excluding hydrogens is 333 g/mol. The number of rotatable bonds is 5. The van der Waals surface area contributed by atoms with Crippen LogP contribution >= 0.6 is 7.51 Å². The topological polar surface area (TPSA) is 40.9 Å². The van der Waals surface area contributed by atoms with Gasteiger partial charge >= 0.3 is 0 Å². The van der Waals surface area contributed by atoms with E-state index in [9.17, 15) is 0 Å². The Labute approximate surface area is 153 Å². The first-order valence-corrected chi connectivity index (χ1v) is 9.81. The lowest BCUT2D eigenvalue weighted by Gasteiger charge is -2.41. The zero-order valence-corrected chi connectivity index (χ0v) is 18.3. The van der Waals surface area contributed by atoms with Gasteiger partial charge in [-0.25, -0.2) is 9.74 Å². The Morgan fingerprint density at radius 1 is 0.640 bits per heavy atom. The highest BCUT2D eigenvalue weighted by molar-refractivity contribution is 7.59. The summed E-state index contributed by atoms with van der Waals surface area (Å²) in [7, 11) is 18.5. The van der Waals surface area contributed by atoms with Crippen molar-refractivity contribution in [2.45, 2.75) is 0 Å². The number of benzene rings is 1. The normalized spacial score (nSPS) is 11.9. The Balaban J connectivity index is 3.32. The van der Waals surface area contributed by atoms with Gasteiger partial charge in [0.25, 0.3) is 0 Å². The van der Waals surface area contributed by atoms with Crippen LogP contribution in [0.2, 0.25) is 0 Å². The van der Waals surface area contributed by atoms with Crippen LogP contribution in [-0.2, 0) is 0 Å². The van der Waals surface area contributed by atoms with Crippen LogP contribution in [0.15, 0.2) is 34.0 Å². The predicted octanol–water partition coefficient (Wildman–Crippen LogP) is 3.06. The molecule has 0 aromatic heterocycles. The molecule has 0 unspecified atom stereocenters. The fourth-order valence-corrected chi connectivity index (χ4v) is 5.93. The van der Waals surface area contributed by atoms with Gasteiger partial charge in [-0.15, -0.1) is 0 Å². The van der Waals surface area contributed by atoms with E-state index in [1.54, 1.807) is 0 Å². The van der Waals surface area contributed by atoms with Crippen molar-refractivity contribution < 1.29 is 0 Å². The molecule has 142 valence electrons. The van der Waals surface area contributed by atoms with Crippen molar-refractivity contribution in [3.63, 3.8) is 0 Å². The smallest absolute Gasteiger partial charge is 0.200 e. The minimum atomic E-state index is -1.94. The number of hydrogen-bond acceptors (Lipinski definition) is 2. The summed E-state index contributed by atoms with van der Waals surface area (Å²) in [6.45, 7) is 0. The Hall–Kier alpha value is -1.40. The van der Waals surface area contributed by atoms with Crippen molar-refractivity contribution in [3.8, 4) is 0 Å². The molecule has 0 saturated carbocycles. The molecule has 0 N–H and O–H groups in total. The largest absolute Gasteiger partial charge is 0.349 e. The summed E-state index contributed by atoms with van der Waals surface area (Å²) in [5.41, 5.74) is 1.87. The van der Waals surface area contributed by atoms with E-state index in [4.69, 9.17) is 9.74 Å². The number of aliphatic imine (C=N–C) groups is 1. The summed E-state index contributed by atoms with van der Waals surface area (Å²) in [5, 5.41) is 0. The summed E-state index contributed by atoms with van der Waals surface area (Å²) in [6, 6.07) is 8.10. The second-order valence-electron chi connectivity index (χ2n) is 6.90. The lowest BCUT2D eigenvalue weighted by Crippen LogP contribution is -2.35. The highest BCUT2D eigenvalue weighted by atomic mass is 31.2. The molecule has 0 fully saturated rings. The van der Waals surface area contributed by atoms with Crippen molar-refractivity contribution in [3.05, 3.63) is 24.3 Å². The SMILES string of the molecule is CN(C)C(=Nc1ccc(N=P(N(C)C)(N(C)C)N(C)C)cc1)N(C)C. The molecule has 1 aromatic carbocycles. The van der Waals surface area contributed by atoms with Gasteiger partial charge in [0.15, 0.2) is 7.51 Å². The lowest BCUT2D eigenvalue weighted by molar-refractivity contribution is 0.474. The molecule has 0 saturated heterocycles. The number of nitrogens with zero attached hydrogens (tertiary/aromatic N) is 7. The zero-order valence-electron chi connectivity index (χ0n) is 17.4. The van der Waals surface area contributed by atoms with Crippen LogP contribution in [0, 0.1) is 0 Å². The number of hydrogen-bond donors (Lipinski definition) is 0. The third-order valence-electron chi connectivity index (χ3n) is 3.74. The molecule has 1 rings (SSSR count). The molecule has 0 spiro atoms. The first kappa shape index (κ1) is 21.6. The maximum atomic E-state index is 5.10. The minimum absolute atomic E-state index is 0.904. The average Bonchev–Trinajstić information content (AvgIpc) is 2.49. The van der Waals surface area contributed by atoms with Gasteiger partial charge in [-0.1, -0.05) is 0 Å². The van der Waals surface area contributed by atoms with Crippen molar-refractivity contribution in [1.29, 1.82) is 0 Å². The van der Waals surface area contributed by atoms with E-state index in [0.717, 1.165) is 17.3 Å². The summed E-state index contributed by atoms with van der Waals surface area (Å²) in [6.07, 6.45) is 0. The first-order chi connectivity index (χ1) is 11.5. The second-order valence-corrected chi connectivity index (χ2v) is 10.6. The molecule has 25 heavy (non-hydrogen) atoms. The second kappa shape index (κ2) is 8.81. The maximum absolute atomic E-state index is 5.10. The third kappa shape index (κ3) is 5.05. The standard InChI is InChI=1S/C17H34N7P/c1-20(2)17(21(3)4)18-15-11-13-16(14-12-15)19-25(22(5)6,23(7)8)24(9)10/h11-14H,1-10H3. The van der Waals surface area contributed by atoms with E-state index in [1.165, 1.54) is 0 Å². The molecule has 0 aliphatic rings. The molecule has 0 bridgehead atoms. The molecular formula is C17H34N7P. The van der Waals surface area contributed by atoms with Crippen molar-refractivity contribution in [1.82, 2.24) is 23.8 Å². The van der Waals surface area contributed by atoms with E-state index in [2.05, 4.69) is 56.3 Å². The van der Waals surface area contributed by atoms with E-state index in [1.807, 2.05) is 62.3 Å². The Morgan fingerprint density at radius 2 is 1.00 bits per heavy atom. The number of guanidine groups is 1. The molecule has 0 aliphatic carbocycles. The molecule has 1 aromatic rings. The quantitative estimate of drug-likeness (QED) is 0.454. The van der Waals surface area contributed by atoms with E-state index < -0.39 is 7.51 Å². The zero-order chi connectivity index (χ0) is 19.4. The fourth-order valence-electron chi connectivity index (χ4n) is 2.81. The molecule has 7 nitrogen and oxygen atoms in total. The van der Waals surface area contributed by atoms with Crippen LogP contribution in [-0.4, -0.2) is 100 Å². The Morgan fingerprint density at radius 3 is 1.32 bits per heavy atom. The van der Waals surface area contributed by atoms with Gasteiger partial charge in [0.2, 0.25) is 5.96 Å². The van der Waals surface area contributed by atoms with Gasteiger partial charge in [0.05, 0.1) is 11.4 Å². The third-order valence-corrected chi connectivity index (χ3v) is 7.46.